The lowest BCUT2D eigenvalue weighted by Crippen LogP contribution is -2.05. The fourth-order valence-electron chi connectivity index (χ4n) is 1.04. The third kappa shape index (κ3) is 2.48. The van der Waals surface area contributed by atoms with Crippen molar-refractivity contribution in [3.8, 4) is 0 Å². The van der Waals surface area contributed by atoms with Crippen LogP contribution in [0.25, 0.3) is 0 Å². The molecule has 0 radical (unpaired) electrons. The maximum atomic E-state index is 12.9. The molecule has 1 nitrogen and oxygen atoms in total. The van der Waals surface area contributed by atoms with E-state index in [-0.39, 0.29) is 4.47 Å². The van der Waals surface area contributed by atoms with Crippen molar-refractivity contribution in [1.29, 1.82) is 0 Å². The molecule has 0 aliphatic carbocycles. The zero-order valence-corrected chi connectivity index (χ0v) is 8.61. The fraction of sp³-hybridized carbons (Fsp3) is 0.333. The van der Waals surface area contributed by atoms with Crippen molar-refractivity contribution >= 4 is 15.9 Å². The highest BCUT2D eigenvalue weighted by molar-refractivity contribution is 9.10. The SMILES string of the molecule is CC(O)Cc1ccc(F)c(F)c1Br. The van der Waals surface area contributed by atoms with Crippen molar-refractivity contribution in [2.24, 2.45) is 0 Å². The highest BCUT2D eigenvalue weighted by atomic mass is 79.9. The Balaban J connectivity index is 3.04. The summed E-state index contributed by atoms with van der Waals surface area (Å²) < 4.78 is 25.7. The second kappa shape index (κ2) is 4.15. The summed E-state index contributed by atoms with van der Waals surface area (Å²) in [5.74, 6) is -1.79. The molecule has 0 heterocycles. The Hall–Kier alpha value is -0.480. The van der Waals surface area contributed by atoms with E-state index in [1.165, 1.54) is 6.07 Å². The van der Waals surface area contributed by atoms with Gasteiger partial charge in [0.05, 0.1) is 10.6 Å². The zero-order valence-electron chi connectivity index (χ0n) is 7.02. The lowest BCUT2D eigenvalue weighted by atomic mass is 10.1. The number of aliphatic hydroxyl groups is 1. The molecule has 1 atom stereocenters. The van der Waals surface area contributed by atoms with E-state index >= 15 is 0 Å². The first-order valence-corrected chi connectivity index (χ1v) is 4.62. The zero-order chi connectivity index (χ0) is 10.0. The maximum absolute atomic E-state index is 12.9. The van der Waals surface area contributed by atoms with Gasteiger partial charge in [-0.25, -0.2) is 8.78 Å². The van der Waals surface area contributed by atoms with Crippen LogP contribution in [0, 0.1) is 11.6 Å². The van der Waals surface area contributed by atoms with Gasteiger partial charge < -0.3 is 5.11 Å². The highest BCUT2D eigenvalue weighted by Gasteiger charge is 2.11. The topological polar surface area (TPSA) is 20.2 Å². The Morgan fingerprint density at radius 3 is 2.62 bits per heavy atom. The first-order valence-electron chi connectivity index (χ1n) is 3.82. The second-order valence-electron chi connectivity index (χ2n) is 2.89. The second-order valence-corrected chi connectivity index (χ2v) is 3.68. The number of benzene rings is 1. The van der Waals surface area contributed by atoms with E-state index in [1.54, 1.807) is 6.92 Å². The van der Waals surface area contributed by atoms with E-state index < -0.39 is 17.7 Å². The van der Waals surface area contributed by atoms with E-state index in [0.29, 0.717) is 12.0 Å². The monoisotopic (exact) mass is 250 g/mol. The predicted molar refractivity (Wildman–Crippen MR) is 49.4 cm³/mol. The molecule has 0 amide bonds. The number of halogens is 3. The lowest BCUT2D eigenvalue weighted by molar-refractivity contribution is 0.195. The average Bonchev–Trinajstić information content (AvgIpc) is 2.06. The number of rotatable bonds is 2. The molecule has 0 fully saturated rings. The van der Waals surface area contributed by atoms with Crippen molar-refractivity contribution in [3.05, 3.63) is 33.8 Å². The molecule has 4 heteroatoms. The van der Waals surface area contributed by atoms with E-state index in [2.05, 4.69) is 15.9 Å². The van der Waals surface area contributed by atoms with Crippen LogP contribution >= 0.6 is 15.9 Å². The molecule has 0 aromatic heterocycles. The normalized spacial score (nSPS) is 13.0. The van der Waals surface area contributed by atoms with Crippen LogP contribution < -0.4 is 0 Å². The van der Waals surface area contributed by atoms with Crippen LogP contribution in [-0.4, -0.2) is 11.2 Å². The Labute approximate surface area is 83.5 Å². The first-order chi connectivity index (χ1) is 6.02. The Bertz CT molecular complexity index is 313. The third-order valence-corrected chi connectivity index (χ3v) is 2.49. The minimum absolute atomic E-state index is 0.0911. The van der Waals surface area contributed by atoms with Crippen LogP contribution in [-0.2, 0) is 6.42 Å². The van der Waals surface area contributed by atoms with Crippen molar-refractivity contribution in [1.82, 2.24) is 0 Å². The van der Waals surface area contributed by atoms with Crippen molar-refractivity contribution in [3.63, 3.8) is 0 Å². The predicted octanol–water partition coefficient (Wildman–Crippen LogP) is 2.65. The summed E-state index contributed by atoms with van der Waals surface area (Å²) in [6, 6.07) is 2.51. The van der Waals surface area contributed by atoms with Gasteiger partial charge in [-0.1, -0.05) is 6.07 Å². The van der Waals surface area contributed by atoms with Crippen LogP contribution in [0.4, 0.5) is 8.78 Å². The van der Waals surface area contributed by atoms with E-state index in [1.807, 2.05) is 0 Å². The molecule has 1 aromatic carbocycles. The molecule has 72 valence electrons. The van der Waals surface area contributed by atoms with Gasteiger partial charge >= 0.3 is 0 Å². The van der Waals surface area contributed by atoms with Gasteiger partial charge in [-0.3, -0.25) is 0 Å². The molecule has 1 aromatic rings. The molecule has 0 aliphatic heterocycles. The van der Waals surface area contributed by atoms with E-state index in [0.717, 1.165) is 6.07 Å². The number of hydrogen-bond donors (Lipinski definition) is 1. The van der Waals surface area contributed by atoms with Crippen molar-refractivity contribution in [2.75, 3.05) is 0 Å². The summed E-state index contributed by atoms with van der Waals surface area (Å²) in [6.07, 6.45) is -0.265. The molecule has 13 heavy (non-hydrogen) atoms. The van der Waals surface area contributed by atoms with Crippen LogP contribution in [0.1, 0.15) is 12.5 Å². The maximum Gasteiger partial charge on any atom is 0.173 e. The summed E-state index contributed by atoms with van der Waals surface area (Å²) in [7, 11) is 0. The van der Waals surface area contributed by atoms with Gasteiger partial charge in [0.1, 0.15) is 0 Å². The van der Waals surface area contributed by atoms with Crippen molar-refractivity contribution in [2.45, 2.75) is 19.4 Å². The molecule has 0 saturated carbocycles. The van der Waals surface area contributed by atoms with Crippen LogP contribution in [0.5, 0.6) is 0 Å². The summed E-state index contributed by atoms with van der Waals surface area (Å²) in [5.41, 5.74) is 0.564. The smallest absolute Gasteiger partial charge is 0.173 e. The Kier molecular flexibility index (Phi) is 3.39. The standard InChI is InChI=1S/C9H9BrF2O/c1-5(13)4-6-2-3-7(11)9(12)8(6)10/h2-3,5,13H,4H2,1H3. The van der Waals surface area contributed by atoms with Gasteiger partial charge in [0, 0.05) is 0 Å². The van der Waals surface area contributed by atoms with Crippen LogP contribution in [0.2, 0.25) is 0 Å². The van der Waals surface area contributed by atoms with Gasteiger partial charge in [0.25, 0.3) is 0 Å². The summed E-state index contributed by atoms with van der Waals surface area (Å²) in [6.45, 7) is 1.59. The van der Waals surface area contributed by atoms with Gasteiger partial charge in [-0.15, -0.1) is 0 Å². The van der Waals surface area contributed by atoms with Gasteiger partial charge in [0.2, 0.25) is 0 Å². The number of hydrogen-bond acceptors (Lipinski definition) is 1. The first kappa shape index (κ1) is 10.6. The minimum Gasteiger partial charge on any atom is -0.393 e. The molecule has 0 spiro atoms. The summed E-state index contributed by atoms with van der Waals surface area (Å²) >= 11 is 2.93. The average molecular weight is 251 g/mol. The van der Waals surface area contributed by atoms with E-state index in [4.69, 9.17) is 5.11 Å². The molecule has 1 N–H and O–H groups in total. The van der Waals surface area contributed by atoms with Gasteiger partial charge in [-0.05, 0) is 40.9 Å². The lowest BCUT2D eigenvalue weighted by Gasteiger charge is -2.07. The van der Waals surface area contributed by atoms with Crippen LogP contribution in [0.3, 0.4) is 0 Å². The van der Waals surface area contributed by atoms with E-state index in [9.17, 15) is 8.78 Å². The molecule has 1 unspecified atom stereocenters. The summed E-state index contributed by atoms with van der Waals surface area (Å²) in [5, 5.41) is 9.05. The largest absolute Gasteiger partial charge is 0.393 e. The number of aliphatic hydroxyl groups excluding tert-OH is 1. The molecule has 0 aliphatic rings. The molecule has 0 saturated heterocycles. The molecular weight excluding hydrogens is 242 g/mol. The third-order valence-electron chi connectivity index (χ3n) is 1.63. The quantitative estimate of drug-likeness (QED) is 0.801. The highest BCUT2D eigenvalue weighted by Crippen LogP contribution is 2.23. The summed E-state index contributed by atoms with van der Waals surface area (Å²) in [4.78, 5) is 0. The molecule has 1 rings (SSSR count). The Morgan fingerprint density at radius 1 is 1.46 bits per heavy atom. The molecular formula is C9H9BrF2O. The van der Waals surface area contributed by atoms with Crippen molar-refractivity contribution < 1.29 is 13.9 Å². The van der Waals surface area contributed by atoms with Gasteiger partial charge in [0.15, 0.2) is 11.6 Å². The van der Waals surface area contributed by atoms with Gasteiger partial charge in [-0.2, -0.15) is 0 Å². The van der Waals surface area contributed by atoms with Crippen LogP contribution in [0.15, 0.2) is 16.6 Å². The fourth-order valence-corrected chi connectivity index (χ4v) is 1.53. The molecule has 0 bridgehead atoms. The minimum atomic E-state index is -0.904. The Morgan fingerprint density at radius 2 is 2.08 bits per heavy atom.